The van der Waals surface area contributed by atoms with Crippen LogP contribution < -0.4 is 16.4 Å². The first-order valence-corrected chi connectivity index (χ1v) is 8.40. The summed E-state index contributed by atoms with van der Waals surface area (Å²) in [5.74, 6) is -0.281. The van der Waals surface area contributed by atoms with Crippen LogP contribution in [0.3, 0.4) is 0 Å². The predicted octanol–water partition coefficient (Wildman–Crippen LogP) is 3.10. The second-order valence-electron chi connectivity index (χ2n) is 6.45. The molecule has 132 valence electrons. The third-order valence-electron chi connectivity index (χ3n) is 4.09. The summed E-state index contributed by atoms with van der Waals surface area (Å²) in [5, 5.41) is 6.25. The van der Waals surface area contributed by atoms with E-state index in [1.807, 2.05) is 25.1 Å². The van der Waals surface area contributed by atoms with Crippen LogP contribution in [0.4, 0.5) is 5.69 Å². The topological polar surface area (TPSA) is 84.2 Å². The van der Waals surface area contributed by atoms with Crippen molar-refractivity contribution in [2.24, 2.45) is 11.7 Å². The average molecular weight is 339 g/mol. The molecular weight excluding hydrogens is 314 g/mol. The van der Waals surface area contributed by atoms with E-state index in [4.69, 9.17) is 5.73 Å². The highest BCUT2D eigenvalue weighted by atomic mass is 16.2. The van der Waals surface area contributed by atoms with Gasteiger partial charge in [0.15, 0.2) is 0 Å². The Morgan fingerprint density at radius 2 is 1.52 bits per heavy atom. The van der Waals surface area contributed by atoms with Gasteiger partial charge in [0.25, 0.3) is 0 Å². The summed E-state index contributed by atoms with van der Waals surface area (Å²) in [5.41, 5.74) is 7.41. The lowest BCUT2D eigenvalue weighted by atomic mass is 9.95. The lowest BCUT2D eigenvalue weighted by Crippen LogP contribution is -2.41. The Balaban J connectivity index is 2.02. The van der Waals surface area contributed by atoms with Crippen LogP contribution >= 0.6 is 0 Å². The number of primary amides is 1. The van der Waals surface area contributed by atoms with Crippen molar-refractivity contribution in [2.75, 3.05) is 5.32 Å². The van der Waals surface area contributed by atoms with Gasteiger partial charge in [-0.05, 0) is 42.7 Å². The molecule has 2 rings (SSSR count). The molecule has 5 heteroatoms. The highest BCUT2D eigenvalue weighted by Gasteiger charge is 2.21. The number of hydrogen-bond acceptors (Lipinski definition) is 3. The second-order valence-corrected chi connectivity index (χ2v) is 6.45. The molecule has 0 aliphatic heterocycles. The minimum Gasteiger partial charge on any atom is -0.366 e. The third-order valence-corrected chi connectivity index (χ3v) is 4.09. The van der Waals surface area contributed by atoms with Crippen LogP contribution in [0.2, 0.25) is 0 Å². The van der Waals surface area contributed by atoms with Gasteiger partial charge in [-0.25, -0.2) is 0 Å². The van der Waals surface area contributed by atoms with Gasteiger partial charge in [0.1, 0.15) is 0 Å². The van der Waals surface area contributed by atoms with Gasteiger partial charge >= 0.3 is 0 Å². The van der Waals surface area contributed by atoms with Crippen molar-refractivity contribution in [2.45, 2.75) is 32.9 Å². The minimum atomic E-state index is -0.490. The van der Waals surface area contributed by atoms with Crippen molar-refractivity contribution in [3.8, 4) is 0 Å². The molecule has 2 atom stereocenters. The van der Waals surface area contributed by atoms with Gasteiger partial charge in [-0.2, -0.15) is 0 Å². The Morgan fingerprint density at radius 1 is 0.920 bits per heavy atom. The number of carbonyl (C=O) groups is 2. The van der Waals surface area contributed by atoms with Gasteiger partial charge in [-0.3, -0.25) is 14.9 Å². The standard InChI is InChI=1S/C20H25N3O2/c1-13(2)18(15-7-5-4-6-8-15)22-14(3)20(25)23-17-11-9-16(10-12-17)19(21)24/h4-14,18,22H,1-3H3,(H2,21,24)(H,23,25)/t14-,18-/m0/s1. The number of carbonyl (C=O) groups excluding carboxylic acids is 2. The van der Waals surface area contributed by atoms with Crippen LogP contribution in [-0.4, -0.2) is 17.9 Å². The quantitative estimate of drug-likeness (QED) is 0.725. The highest BCUT2D eigenvalue weighted by molar-refractivity contribution is 5.96. The summed E-state index contributed by atoms with van der Waals surface area (Å²) in [4.78, 5) is 23.5. The molecule has 0 aromatic heterocycles. The molecule has 0 aliphatic carbocycles. The number of benzene rings is 2. The first-order valence-electron chi connectivity index (χ1n) is 8.40. The molecule has 2 amide bonds. The molecule has 0 unspecified atom stereocenters. The highest BCUT2D eigenvalue weighted by Crippen LogP contribution is 2.22. The van der Waals surface area contributed by atoms with Crippen LogP contribution in [0.25, 0.3) is 0 Å². The maximum Gasteiger partial charge on any atom is 0.248 e. The number of hydrogen-bond donors (Lipinski definition) is 3. The number of anilines is 1. The zero-order valence-corrected chi connectivity index (χ0v) is 14.8. The summed E-state index contributed by atoms with van der Waals surface area (Å²) in [6.07, 6.45) is 0. The minimum absolute atomic E-state index is 0.0826. The molecule has 0 aliphatic rings. The van der Waals surface area contributed by atoms with E-state index >= 15 is 0 Å². The summed E-state index contributed by atoms with van der Waals surface area (Å²) in [7, 11) is 0. The fraction of sp³-hybridized carbons (Fsp3) is 0.300. The fourth-order valence-electron chi connectivity index (χ4n) is 2.65. The van der Waals surface area contributed by atoms with Crippen molar-refractivity contribution in [3.63, 3.8) is 0 Å². The zero-order valence-electron chi connectivity index (χ0n) is 14.8. The Labute approximate surface area is 148 Å². The zero-order chi connectivity index (χ0) is 18.4. The van der Waals surface area contributed by atoms with Crippen molar-refractivity contribution in [1.82, 2.24) is 5.32 Å². The summed E-state index contributed by atoms with van der Waals surface area (Å²) < 4.78 is 0. The van der Waals surface area contributed by atoms with Gasteiger partial charge in [-0.15, -0.1) is 0 Å². The maximum absolute atomic E-state index is 12.5. The van der Waals surface area contributed by atoms with Crippen LogP contribution in [0, 0.1) is 5.92 Å². The number of rotatable bonds is 7. The lowest BCUT2D eigenvalue weighted by Gasteiger charge is -2.26. The Morgan fingerprint density at radius 3 is 2.04 bits per heavy atom. The van der Waals surface area contributed by atoms with E-state index < -0.39 is 5.91 Å². The number of nitrogens with two attached hydrogens (primary N) is 1. The lowest BCUT2D eigenvalue weighted by molar-refractivity contribution is -0.118. The van der Waals surface area contributed by atoms with Gasteiger partial charge in [0.2, 0.25) is 11.8 Å². The fourth-order valence-corrected chi connectivity index (χ4v) is 2.65. The van der Waals surface area contributed by atoms with Crippen molar-refractivity contribution in [3.05, 3.63) is 65.7 Å². The van der Waals surface area contributed by atoms with Crippen molar-refractivity contribution in [1.29, 1.82) is 0 Å². The SMILES string of the molecule is CC(C)[C@H](N[C@@H](C)C(=O)Nc1ccc(C(N)=O)cc1)c1ccccc1. The predicted molar refractivity (Wildman–Crippen MR) is 100 cm³/mol. The smallest absolute Gasteiger partial charge is 0.248 e. The Kier molecular flexibility index (Phi) is 6.31. The van der Waals surface area contributed by atoms with Crippen LogP contribution in [0.1, 0.15) is 42.7 Å². The number of nitrogens with one attached hydrogen (secondary N) is 2. The van der Waals surface area contributed by atoms with Crippen molar-refractivity contribution < 1.29 is 9.59 Å². The monoisotopic (exact) mass is 339 g/mol. The maximum atomic E-state index is 12.5. The average Bonchev–Trinajstić information content (AvgIpc) is 2.60. The molecule has 25 heavy (non-hydrogen) atoms. The molecule has 0 spiro atoms. The van der Waals surface area contributed by atoms with Crippen molar-refractivity contribution >= 4 is 17.5 Å². The molecule has 4 N–H and O–H groups in total. The third kappa shape index (κ3) is 5.16. The van der Waals surface area contributed by atoms with Gasteiger partial charge in [0, 0.05) is 17.3 Å². The van der Waals surface area contributed by atoms with E-state index in [1.165, 1.54) is 0 Å². The summed E-state index contributed by atoms with van der Waals surface area (Å²) >= 11 is 0. The molecular formula is C20H25N3O2. The molecule has 0 radical (unpaired) electrons. The van der Waals surface area contributed by atoms with E-state index in [0.717, 1.165) is 5.56 Å². The molecule has 0 heterocycles. The van der Waals surface area contributed by atoms with E-state index in [0.29, 0.717) is 17.2 Å². The molecule has 0 saturated carbocycles. The molecule has 5 nitrogen and oxygen atoms in total. The van der Waals surface area contributed by atoms with Crippen LogP contribution in [-0.2, 0) is 4.79 Å². The van der Waals surface area contributed by atoms with Gasteiger partial charge in [0.05, 0.1) is 6.04 Å². The summed E-state index contributed by atoms with van der Waals surface area (Å²) in [6, 6.07) is 16.3. The largest absolute Gasteiger partial charge is 0.366 e. The van der Waals surface area contributed by atoms with E-state index in [-0.39, 0.29) is 18.0 Å². The van der Waals surface area contributed by atoms with E-state index in [2.05, 4.69) is 36.6 Å². The number of amides is 2. The normalized spacial score (nSPS) is 13.3. The Hall–Kier alpha value is -2.66. The molecule has 0 fully saturated rings. The first kappa shape index (κ1) is 18.7. The molecule has 2 aromatic rings. The van der Waals surface area contributed by atoms with Gasteiger partial charge in [-0.1, -0.05) is 44.2 Å². The van der Waals surface area contributed by atoms with E-state index in [1.54, 1.807) is 24.3 Å². The second kappa shape index (κ2) is 8.44. The van der Waals surface area contributed by atoms with Crippen LogP contribution in [0.15, 0.2) is 54.6 Å². The molecule has 2 aromatic carbocycles. The first-order chi connectivity index (χ1) is 11.9. The van der Waals surface area contributed by atoms with Crippen LogP contribution in [0.5, 0.6) is 0 Å². The molecule has 0 saturated heterocycles. The Bertz CT molecular complexity index is 711. The van der Waals surface area contributed by atoms with Gasteiger partial charge < -0.3 is 11.1 Å². The summed E-state index contributed by atoms with van der Waals surface area (Å²) in [6.45, 7) is 6.08. The van der Waals surface area contributed by atoms with E-state index in [9.17, 15) is 9.59 Å². The molecule has 0 bridgehead atoms.